The molecular formula is C16H20Cl3N3O2. The third kappa shape index (κ3) is 4.63. The number of carboxylic acid groups (broad SMARTS) is 1. The van der Waals surface area contributed by atoms with Crippen LogP contribution in [0.1, 0.15) is 12.8 Å². The lowest BCUT2D eigenvalue weighted by atomic mass is 10.0. The molecule has 2 aromatic rings. The normalized spacial score (nSPS) is 20.7. The van der Waals surface area contributed by atoms with Crippen molar-refractivity contribution >= 4 is 59.1 Å². The summed E-state index contributed by atoms with van der Waals surface area (Å²) < 4.78 is 0. The second-order valence-electron chi connectivity index (χ2n) is 5.78. The quantitative estimate of drug-likeness (QED) is 0.819. The van der Waals surface area contributed by atoms with Crippen LogP contribution in [0.5, 0.6) is 0 Å². The van der Waals surface area contributed by atoms with Crippen LogP contribution in [-0.2, 0) is 4.79 Å². The van der Waals surface area contributed by atoms with Gasteiger partial charge in [0.1, 0.15) is 5.82 Å². The van der Waals surface area contributed by atoms with Gasteiger partial charge in [-0.15, -0.1) is 24.8 Å². The van der Waals surface area contributed by atoms with E-state index in [1.165, 1.54) is 0 Å². The predicted octanol–water partition coefficient (Wildman–Crippen LogP) is 3.36. The molecule has 8 heteroatoms. The molecule has 5 nitrogen and oxygen atoms in total. The van der Waals surface area contributed by atoms with E-state index in [4.69, 9.17) is 17.3 Å². The van der Waals surface area contributed by atoms with Gasteiger partial charge in [0.05, 0.1) is 11.4 Å². The number of rotatable bonds is 2. The van der Waals surface area contributed by atoms with Crippen molar-refractivity contribution in [3.8, 4) is 0 Å². The Morgan fingerprint density at radius 2 is 1.96 bits per heavy atom. The monoisotopic (exact) mass is 391 g/mol. The first-order valence-electron chi connectivity index (χ1n) is 7.32. The molecule has 0 bridgehead atoms. The van der Waals surface area contributed by atoms with Crippen LogP contribution in [-0.4, -0.2) is 35.2 Å². The first-order valence-corrected chi connectivity index (χ1v) is 7.70. The van der Waals surface area contributed by atoms with Gasteiger partial charge in [-0.2, -0.15) is 0 Å². The summed E-state index contributed by atoms with van der Waals surface area (Å²) >= 11 is 5.98. The van der Waals surface area contributed by atoms with Crippen molar-refractivity contribution in [3.63, 3.8) is 0 Å². The molecule has 0 aliphatic carbocycles. The molecule has 0 unspecified atom stereocenters. The third-order valence-electron chi connectivity index (χ3n) is 4.09. The maximum atomic E-state index is 11.3. The minimum Gasteiger partial charge on any atom is -0.481 e. The van der Waals surface area contributed by atoms with E-state index in [0.717, 1.165) is 23.1 Å². The number of anilines is 1. The van der Waals surface area contributed by atoms with Gasteiger partial charge >= 0.3 is 5.97 Å². The second kappa shape index (κ2) is 8.72. The second-order valence-corrected chi connectivity index (χ2v) is 6.22. The number of carbonyl (C=O) groups is 1. The van der Waals surface area contributed by atoms with Crippen molar-refractivity contribution in [2.75, 3.05) is 18.0 Å². The molecule has 1 aliphatic rings. The highest BCUT2D eigenvalue weighted by Crippen LogP contribution is 2.25. The lowest BCUT2D eigenvalue weighted by molar-refractivity contribution is -0.141. The van der Waals surface area contributed by atoms with Crippen molar-refractivity contribution < 1.29 is 9.90 Å². The Morgan fingerprint density at radius 3 is 2.67 bits per heavy atom. The Bertz CT molecular complexity index is 714. The molecule has 1 saturated heterocycles. The van der Waals surface area contributed by atoms with Gasteiger partial charge in [0, 0.05) is 29.5 Å². The van der Waals surface area contributed by atoms with Gasteiger partial charge in [-0.3, -0.25) is 4.79 Å². The van der Waals surface area contributed by atoms with Crippen LogP contribution in [0.4, 0.5) is 5.82 Å². The summed E-state index contributed by atoms with van der Waals surface area (Å²) in [5.74, 6) is -0.415. The van der Waals surface area contributed by atoms with Crippen molar-refractivity contribution in [2.45, 2.75) is 18.9 Å². The molecule has 132 valence electrons. The average molecular weight is 393 g/mol. The van der Waals surface area contributed by atoms with E-state index in [1.807, 2.05) is 29.2 Å². The Balaban J connectivity index is 0.00000144. The SMILES string of the molecule is Cl.Cl.N[C@@H]1CC[C@H](C(=O)O)CN(c2ccc3cc(Cl)ccc3n2)C1. The molecule has 2 heterocycles. The van der Waals surface area contributed by atoms with Crippen molar-refractivity contribution in [2.24, 2.45) is 11.7 Å². The Kier molecular flexibility index (Phi) is 7.55. The summed E-state index contributed by atoms with van der Waals surface area (Å²) in [6.45, 7) is 1.06. The van der Waals surface area contributed by atoms with Crippen molar-refractivity contribution in [1.82, 2.24) is 4.98 Å². The van der Waals surface area contributed by atoms with E-state index < -0.39 is 11.9 Å². The molecule has 1 aromatic heterocycles. The molecule has 24 heavy (non-hydrogen) atoms. The number of nitrogens with two attached hydrogens (primary N) is 1. The van der Waals surface area contributed by atoms with E-state index in [9.17, 15) is 9.90 Å². The summed E-state index contributed by atoms with van der Waals surface area (Å²) in [4.78, 5) is 17.9. The number of aromatic nitrogens is 1. The number of benzene rings is 1. The number of nitrogens with zero attached hydrogens (tertiary/aromatic N) is 2. The highest BCUT2D eigenvalue weighted by molar-refractivity contribution is 6.31. The number of pyridine rings is 1. The van der Waals surface area contributed by atoms with Crippen molar-refractivity contribution in [1.29, 1.82) is 0 Å². The van der Waals surface area contributed by atoms with E-state index in [2.05, 4.69) is 4.98 Å². The van der Waals surface area contributed by atoms with Crippen molar-refractivity contribution in [3.05, 3.63) is 35.4 Å². The summed E-state index contributed by atoms with van der Waals surface area (Å²) in [6.07, 6.45) is 1.33. The standard InChI is InChI=1S/C16H18ClN3O2.2ClH/c17-12-3-5-14-10(7-12)2-6-15(19-14)20-8-11(16(21)22)1-4-13(18)9-20;;/h2-3,5-7,11,13H,1,4,8-9,18H2,(H,21,22);2*1H/t11-,13+;;/m0../s1. The zero-order valence-electron chi connectivity index (χ0n) is 12.9. The van der Waals surface area contributed by atoms with Crippen LogP contribution in [0.25, 0.3) is 10.9 Å². The average Bonchev–Trinajstić information content (AvgIpc) is 2.68. The largest absolute Gasteiger partial charge is 0.481 e. The molecule has 0 saturated carbocycles. The Labute approximate surface area is 158 Å². The highest BCUT2D eigenvalue weighted by Gasteiger charge is 2.27. The van der Waals surface area contributed by atoms with E-state index in [-0.39, 0.29) is 30.9 Å². The zero-order chi connectivity index (χ0) is 15.7. The maximum absolute atomic E-state index is 11.3. The Hall–Kier alpha value is -1.27. The number of hydrogen-bond donors (Lipinski definition) is 2. The zero-order valence-corrected chi connectivity index (χ0v) is 15.3. The summed E-state index contributed by atoms with van der Waals surface area (Å²) in [5.41, 5.74) is 6.92. The number of fused-ring (bicyclic) bond motifs is 1. The van der Waals surface area contributed by atoms with Crippen LogP contribution in [0.15, 0.2) is 30.3 Å². The summed E-state index contributed by atoms with van der Waals surface area (Å²) in [6, 6.07) is 9.35. The van der Waals surface area contributed by atoms with Gasteiger partial charge < -0.3 is 15.7 Å². The Morgan fingerprint density at radius 1 is 1.21 bits per heavy atom. The molecule has 1 aromatic carbocycles. The molecule has 1 aliphatic heterocycles. The number of hydrogen-bond acceptors (Lipinski definition) is 4. The lowest BCUT2D eigenvalue weighted by Gasteiger charge is -2.25. The van der Waals surface area contributed by atoms with Gasteiger partial charge in [0.25, 0.3) is 0 Å². The first kappa shape index (κ1) is 20.8. The lowest BCUT2D eigenvalue weighted by Crippen LogP contribution is -2.38. The third-order valence-corrected chi connectivity index (χ3v) is 4.33. The van der Waals surface area contributed by atoms with Crippen LogP contribution in [0.2, 0.25) is 5.02 Å². The minimum absolute atomic E-state index is 0. The fourth-order valence-corrected chi connectivity index (χ4v) is 3.05. The molecule has 3 rings (SSSR count). The minimum atomic E-state index is -0.772. The van der Waals surface area contributed by atoms with E-state index >= 15 is 0 Å². The number of halogens is 3. The van der Waals surface area contributed by atoms with Gasteiger partial charge in [-0.1, -0.05) is 11.6 Å². The molecule has 1 fully saturated rings. The molecule has 0 spiro atoms. The maximum Gasteiger partial charge on any atom is 0.308 e. The van der Waals surface area contributed by atoms with E-state index in [0.29, 0.717) is 24.5 Å². The molecule has 3 N–H and O–H groups in total. The van der Waals surface area contributed by atoms with Crippen LogP contribution in [0, 0.1) is 5.92 Å². The molecule has 0 radical (unpaired) electrons. The summed E-state index contributed by atoms with van der Waals surface area (Å²) in [7, 11) is 0. The van der Waals surface area contributed by atoms with Gasteiger partial charge in [0.15, 0.2) is 0 Å². The smallest absolute Gasteiger partial charge is 0.308 e. The number of aliphatic carboxylic acids is 1. The van der Waals surface area contributed by atoms with E-state index in [1.54, 1.807) is 6.07 Å². The van der Waals surface area contributed by atoms with Gasteiger partial charge in [0.2, 0.25) is 0 Å². The fraction of sp³-hybridized carbons (Fsp3) is 0.375. The first-order chi connectivity index (χ1) is 10.5. The number of carboxylic acids is 1. The fourth-order valence-electron chi connectivity index (χ4n) is 2.87. The topological polar surface area (TPSA) is 79.5 Å². The van der Waals surface area contributed by atoms with Crippen LogP contribution in [0.3, 0.4) is 0 Å². The van der Waals surface area contributed by atoms with Gasteiger partial charge in [-0.25, -0.2) is 4.98 Å². The van der Waals surface area contributed by atoms with Gasteiger partial charge in [-0.05, 0) is 43.2 Å². The summed E-state index contributed by atoms with van der Waals surface area (Å²) in [5, 5.41) is 10.9. The molecule has 0 amide bonds. The van der Waals surface area contributed by atoms with Crippen LogP contribution < -0.4 is 10.6 Å². The molecule has 2 atom stereocenters. The highest BCUT2D eigenvalue weighted by atomic mass is 35.5. The predicted molar refractivity (Wildman–Crippen MR) is 102 cm³/mol. The van der Waals surface area contributed by atoms with Crippen LogP contribution >= 0.6 is 36.4 Å². The molecular weight excluding hydrogens is 373 g/mol.